The molecule has 6 heteroatoms. The first-order valence-corrected chi connectivity index (χ1v) is 6.72. The third kappa shape index (κ3) is 5.54. The monoisotopic (exact) mass is 335 g/mol. The van der Waals surface area contributed by atoms with Crippen LogP contribution in [0.4, 0.5) is 4.39 Å². The van der Waals surface area contributed by atoms with E-state index >= 15 is 0 Å². The van der Waals surface area contributed by atoms with E-state index in [0.29, 0.717) is 25.2 Å². The maximum absolute atomic E-state index is 13.7. The standard InChI is InChI=1S/C13H19BrFNO3/c1-18-13(19-2)9-16(5-6-17)8-10-7-11(14)3-4-12(10)15/h3-4,7,13,17H,5-6,8-9H2,1-2H3. The zero-order chi connectivity index (χ0) is 14.3. The number of ether oxygens (including phenoxy) is 2. The van der Waals surface area contributed by atoms with Gasteiger partial charge in [-0.3, -0.25) is 4.90 Å². The molecule has 0 aromatic heterocycles. The molecular weight excluding hydrogens is 317 g/mol. The lowest BCUT2D eigenvalue weighted by Crippen LogP contribution is -2.36. The molecule has 1 N–H and O–H groups in total. The molecule has 0 unspecified atom stereocenters. The number of nitrogens with zero attached hydrogens (tertiary/aromatic N) is 1. The van der Waals surface area contributed by atoms with Crippen LogP contribution in [-0.2, 0) is 16.0 Å². The average molecular weight is 336 g/mol. The summed E-state index contributed by atoms with van der Waals surface area (Å²) < 4.78 is 24.8. The lowest BCUT2D eigenvalue weighted by atomic mass is 10.2. The fraction of sp³-hybridized carbons (Fsp3) is 0.538. The Morgan fingerprint density at radius 1 is 1.37 bits per heavy atom. The summed E-state index contributed by atoms with van der Waals surface area (Å²) in [5.41, 5.74) is 0.564. The van der Waals surface area contributed by atoms with Crippen LogP contribution in [0.3, 0.4) is 0 Å². The van der Waals surface area contributed by atoms with Crippen LogP contribution in [0.1, 0.15) is 5.56 Å². The Morgan fingerprint density at radius 2 is 2.05 bits per heavy atom. The molecule has 0 aliphatic carbocycles. The van der Waals surface area contributed by atoms with Crippen LogP contribution in [0, 0.1) is 5.82 Å². The van der Waals surface area contributed by atoms with Gasteiger partial charge in [-0.15, -0.1) is 0 Å². The van der Waals surface area contributed by atoms with E-state index in [9.17, 15) is 4.39 Å². The van der Waals surface area contributed by atoms with E-state index in [1.54, 1.807) is 26.4 Å². The molecule has 0 spiro atoms. The van der Waals surface area contributed by atoms with Crippen LogP contribution in [0.25, 0.3) is 0 Å². The smallest absolute Gasteiger partial charge is 0.169 e. The number of aliphatic hydroxyl groups is 1. The zero-order valence-corrected chi connectivity index (χ0v) is 12.7. The zero-order valence-electron chi connectivity index (χ0n) is 11.1. The van der Waals surface area contributed by atoms with Crippen LogP contribution >= 0.6 is 15.9 Å². The van der Waals surface area contributed by atoms with Crippen molar-refractivity contribution in [2.45, 2.75) is 12.8 Å². The van der Waals surface area contributed by atoms with Gasteiger partial charge in [0.25, 0.3) is 0 Å². The third-order valence-corrected chi connectivity index (χ3v) is 3.24. The van der Waals surface area contributed by atoms with Crippen molar-refractivity contribution in [1.82, 2.24) is 4.90 Å². The maximum atomic E-state index is 13.7. The Labute approximate surface area is 121 Å². The summed E-state index contributed by atoms with van der Waals surface area (Å²) in [5.74, 6) is -0.266. The Kier molecular flexibility index (Phi) is 7.48. The predicted octanol–water partition coefficient (Wildman–Crippen LogP) is 2.00. The van der Waals surface area contributed by atoms with Gasteiger partial charge in [0.1, 0.15) is 5.82 Å². The van der Waals surface area contributed by atoms with E-state index in [2.05, 4.69) is 15.9 Å². The van der Waals surface area contributed by atoms with Crippen molar-refractivity contribution in [3.8, 4) is 0 Å². The van der Waals surface area contributed by atoms with Crippen molar-refractivity contribution in [1.29, 1.82) is 0 Å². The molecule has 1 aromatic carbocycles. The molecular formula is C13H19BrFNO3. The second-order valence-electron chi connectivity index (χ2n) is 4.10. The predicted molar refractivity (Wildman–Crippen MR) is 74.3 cm³/mol. The maximum Gasteiger partial charge on any atom is 0.169 e. The van der Waals surface area contributed by atoms with Crippen molar-refractivity contribution >= 4 is 15.9 Å². The Bertz CT molecular complexity index is 388. The highest BCUT2D eigenvalue weighted by molar-refractivity contribution is 9.10. The Morgan fingerprint density at radius 3 is 2.63 bits per heavy atom. The highest BCUT2D eigenvalue weighted by atomic mass is 79.9. The van der Waals surface area contributed by atoms with E-state index in [4.69, 9.17) is 14.6 Å². The highest BCUT2D eigenvalue weighted by Crippen LogP contribution is 2.17. The van der Waals surface area contributed by atoms with Crippen molar-refractivity contribution < 1.29 is 19.0 Å². The molecule has 1 rings (SSSR count). The molecule has 0 fully saturated rings. The highest BCUT2D eigenvalue weighted by Gasteiger charge is 2.15. The topological polar surface area (TPSA) is 41.9 Å². The van der Waals surface area contributed by atoms with Gasteiger partial charge in [-0.2, -0.15) is 0 Å². The summed E-state index contributed by atoms with van der Waals surface area (Å²) in [6.07, 6.45) is -0.401. The number of hydrogen-bond donors (Lipinski definition) is 1. The van der Waals surface area contributed by atoms with E-state index in [0.717, 1.165) is 4.47 Å². The Hall–Kier alpha value is -0.530. The lowest BCUT2D eigenvalue weighted by Gasteiger charge is -2.25. The molecule has 1 aromatic rings. The fourth-order valence-corrected chi connectivity index (χ4v) is 2.15. The van der Waals surface area contributed by atoms with E-state index in [1.807, 2.05) is 4.90 Å². The molecule has 0 aliphatic rings. The number of methoxy groups -OCH3 is 2. The minimum Gasteiger partial charge on any atom is -0.395 e. The molecule has 0 atom stereocenters. The summed E-state index contributed by atoms with van der Waals surface area (Å²) in [6, 6.07) is 4.80. The van der Waals surface area contributed by atoms with E-state index in [1.165, 1.54) is 6.07 Å². The van der Waals surface area contributed by atoms with Crippen molar-refractivity contribution in [3.05, 3.63) is 34.1 Å². The second-order valence-corrected chi connectivity index (χ2v) is 5.01. The average Bonchev–Trinajstić information content (AvgIpc) is 2.40. The van der Waals surface area contributed by atoms with Gasteiger partial charge < -0.3 is 14.6 Å². The first-order chi connectivity index (χ1) is 9.10. The van der Waals surface area contributed by atoms with Gasteiger partial charge >= 0.3 is 0 Å². The molecule has 0 saturated heterocycles. The largest absolute Gasteiger partial charge is 0.395 e. The second kappa shape index (κ2) is 8.60. The SMILES string of the molecule is COC(CN(CCO)Cc1cc(Br)ccc1F)OC. The molecule has 19 heavy (non-hydrogen) atoms. The summed E-state index contributed by atoms with van der Waals surface area (Å²) in [5, 5.41) is 9.07. The molecule has 4 nitrogen and oxygen atoms in total. The number of aliphatic hydroxyl groups excluding tert-OH is 1. The van der Waals surface area contributed by atoms with Gasteiger partial charge in [-0.1, -0.05) is 15.9 Å². The summed E-state index contributed by atoms with van der Waals surface area (Å²) in [6.45, 7) is 1.26. The van der Waals surface area contributed by atoms with Crippen LogP contribution in [-0.4, -0.2) is 50.2 Å². The van der Waals surface area contributed by atoms with Crippen molar-refractivity contribution in [2.24, 2.45) is 0 Å². The van der Waals surface area contributed by atoms with Gasteiger partial charge in [0.05, 0.1) is 6.61 Å². The minimum absolute atomic E-state index is 0.00420. The van der Waals surface area contributed by atoms with Gasteiger partial charge in [-0.25, -0.2) is 4.39 Å². The molecule has 0 saturated carbocycles. The van der Waals surface area contributed by atoms with Gasteiger partial charge in [-0.05, 0) is 18.2 Å². The minimum atomic E-state index is -0.401. The van der Waals surface area contributed by atoms with Gasteiger partial charge in [0.15, 0.2) is 6.29 Å². The third-order valence-electron chi connectivity index (χ3n) is 2.75. The van der Waals surface area contributed by atoms with Crippen molar-refractivity contribution in [3.63, 3.8) is 0 Å². The summed E-state index contributed by atoms with van der Waals surface area (Å²) in [7, 11) is 3.09. The van der Waals surface area contributed by atoms with E-state index in [-0.39, 0.29) is 12.4 Å². The van der Waals surface area contributed by atoms with Gasteiger partial charge in [0.2, 0.25) is 0 Å². The summed E-state index contributed by atoms with van der Waals surface area (Å²) in [4.78, 5) is 1.88. The van der Waals surface area contributed by atoms with Crippen LogP contribution in [0.2, 0.25) is 0 Å². The van der Waals surface area contributed by atoms with Gasteiger partial charge in [0, 0.05) is 43.9 Å². The molecule has 0 heterocycles. The quantitative estimate of drug-likeness (QED) is 0.738. The van der Waals surface area contributed by atoms with Crippen molar-refractivity contribution in [2.75, 3.05) is 33.9 Å². The first-order valence-electron chi connectivity index (χ1n) is 5.93. The number of hydrogen-bond acceptors (Lipinski definition) is 4. The lowest BCUT2D eigenvalue weighted by molar-refractivity contribution is -0.118. The fourth-order valence-electron chi connectivity index (χ4n) is 1.74. The molecule has 0 bridgehead atoms. The summed E-state index contributed by atoms with van der Waals surface area (Å²) >= 11 is 3.32. The number of rotatable bonds is 8. The first kappa shape index (κ1) is 16.5. The molecule has 0 aliphatic heterocycles. The molecule has 108 valence electrons. The normalized spacial score (nSPS) is 11.5. The van der Waals surface area contributed by atoms with Crippen LogP contribution < -0.4 is 0 Å². The van der Waals surface area contributed by atoms with Crippen LogP contribution in [0.15, 0.2) is 22.7 Å². The molecule has 0 amide bonds. The number of halogens is 2. The van der Waals surface area contributed by atoms with Crippen LogP contribution in [0.5, 0.6) is 0 Å². The van der Waals surface area contributed by atoms with E-state index < -0.39 is 6.29 Å². The Balaban J connectivity index is 2.74. The molecule has 0 radical (unpaired) electrons. The number of benzene rings is 1.